The van der Waals surface area contributed by atoms with Crippen LogP contribution in [-0.4, -0.2) is 35.3 Å². The van der Waals surface area contributed by atoms with Crippen LogP contribution in [0.2, 0.25) is 0 Å². The van der Waals surface area contributed by atoms with Crippen LogP contribution in [0.15, 0.2) is 42.6 Å². The highest BCUT2D eigenvalue weighted by molar-refractivity contribution is 5.47. The molecule has 0 bridgehead atoms. The van der Waals surface area contributed by atoms with Crippen LogP contribution in [0, 0.1) is 17.0 Å². The van der Waals surface area contributed by atoms with Gasteiger partial charge in [-0.25, -0.2) is 4.98 Å². The molecule has 0 aliphatic carbocycles. The molecule has 1 aromatic heterocycles. The Morgan fingerprint density at radius 2 is 2.00 bits per heavy atom. The average Bonchev–Trinajstić information content (AvgIpc) is 2.67. The Kier molecular flexibility index (Phi) is 6.36. The van der Waals surface area contributed by atoms with Crippen LogP contribution in [0.3, 0.4) is 0 Å². The number of hydrogen-bond acceptors (Lipinski definition) is 6. The Hall–Kier alpha value is -2.51. The van der Waals surface area contributed by atoms with Crippen molar-refractivity contribution in [2.45, 2.75) is 44.9 Å². The highest BCUT2D eigenvalue weighted by Crippen LogP contribution is 2.28. The zero-order valence-corrected chi connectivity index (χ0v) is 15.6. The van der Waals surface area contributed by atoms with E-state index in [1.807, 2.05) is 25.1 Å². The molecule has 1 aliphatic rings. The van der Waals surface area contributed by atoms with Crippen molar-refractivity contribution < 1.29 is 14.4 Å². The second-order valence-corrected chi connectivity index (χ2v) is 6.83. The van der Waals surface area contributed by atoms with E-state index in [0.29, 0.717) is 11.4 Å². The summed E-state index contributed by atoms with van der Waals surface area (Å²) in [6.07, 6.45) is 3.04. The van der Waals surface area contributed by atoms with E-state index in [9.17, 15) is 10.1 Å². The molecule has 0 spiro atoms. The number of benzene rings is 1. The lowest BCUT2D eigenvalue weighted by Gasteiger charge is -2.32. The molecule has 0 saturated carbocycles. The van der Waals surface area contributed by atoms with Crippen LogP contribution >= 0.6 is 0 Å². The normalized spacial score (nSPS) is 17.3. The fourth-order valence-electron chi connectivity index (χ4n) is 3.27. The molecule has 3 rings (SSSR count). The van der Waals surface area contributed by atoms with E-state index in [-0.39, 0.29) is 23.9 Å². The van der Waals surface area contributed by atoms with E-state index in [4.69, 9.17) is 9.47 Å². The summed E-state index contributed by atoms with van der Waals surface area (Å²) in [6, 6.07) is 11.7. The van der Waals surface area contributed by atoms with Gasteiger partial charge in [-0.2, -0.15) is 0 Å². The van der Waals surface area contributed by atoms with Gasteiger partial charge in [-0.1, -0.05) is 30.3 Å². The number of nitro groups is 1. The summed E-state index contributed by atoms with van der Waals surface area (Å²) in [4.78, 5) is 14.8. The molecule has 2 atom stereocenters. The van der Waals surface area contributed by atoms with Crippen molar-refractivity contribution in [3.8, 4) is 0 Å². The van der Waals surface area contributed by atoms with Gasteiger partial charge in [-0.3, -0.25) is 10.1 Å². The Balaban J connectivity index is 1.77. The smallest absolute Gasteiger partial charge is 0.290 e. The maximum absolute atomic E-state index is 11.0. The number of nitrogens with one attached hydrogen (secondary N) is 1. The Morgan fingerprint density at radius 3 is 2.63 bits per heavy atom. The average molecular weight is 371 g/mol. The third-order valence-corrected chi connectivity index (χ3v) is 4.75. The Labute approximate surface area is 158 Å². The van der Waals surface area contributed by atoms with E-state index in [0.717, 1.165) is 31.6 Å². The first-order chi connectivity index (χ1) is 13.0. The number of ether oxygens (including phenoxy) is 2. The van der Waals surface area contributed by atoms with Crippen molar-refractivity contribution >= 4 is 11.5 Å². The zero-order chi connectivity index (χ0) is 19.2. The predicted molar refractivity (Wildman–Crippen MR) is 103 cm³/mol. The summed E-state index contributed by atoms with van der Waals surface area (Å²) in [7, 11) is 0. The topological polar surface area (TPSA) is 86.5 Å². The predicted octanol–water partition coefficient (Wildman–Crippen LogP) is 4.04. The van der Waals surface area contributed by atoms with Crippen LogP contribution in [-0.2, 0) is 9.47 Å². The molecule has 2 heterocycles. The van der Waals surface area contributed by atoms with Crippen LogP contribution in [0.1, 0.15) is 37.0 Å². The monoisotopic (exact) mass is 371 g/mol. The lowest BCUT2D eigenvalue weighted by molar-refractivity contribution is -0.385. The summed E-state index contributed by atoms with van der Waals surface area (Å²) >= 11 is 0. The minimum Gasteiger partial charge on any atom is -0.381 e. The molecule has 7 heteroatoms. The number of hydrogen-bond donors (Lipinski definition) is 1. The van der Waals surface area contributed by atoms with Gasteiger partial charge in [0, 0.05) is 18.8 Å². The number of anilines is 1. The third-order valence-electron chi connectivity index (χ3n) is 4.75. The Bertz CT molecular complexity index is 763. The van der Waals surface area contributed by atoms with Crippen molar-refractivity contribution in [2.75, 3.05) is 18.5 Å². The van der Waals surface area contributed by atoms with Crippen molar-refractivity contribution in [1.29, 1.82) is 0 Å². The fourth-order valence-corrected chi connectivity index (χ4v) is 3.27. The van der Waals surface area contributed by atoms with E-state index < -0.39 is 4.92 Å². The molecule has 1 aliphatic heterocycles. The number of aromatic nitrogens is 1. The molecule has 2 unspecified atom stereocenters. The molecular weight excluding hydrogens is 346 g/mol. The minimum atomic E-state index is -0.420. The highest BCUT2D eigenvalue weighted by atomic mass is 16.6. The molecule has 0 amide bonds. The fraction of sp³-hybridized carbons (Fsp3) is 0.450. The molecule has 1 fully saturated rings. The second kappa shape index (κ2) is 8.92. The molecule has 1 aromatic carbocycles. The summed E-state index contributed by atoms with van der Waals surface area (Å²) in [5, 5.41) is 14.3. The first-order valence-corrected chi connectivity index (χ1v) is 9.20. The molecule has 0 radical (unpaired) electrons. The molecular formula is C20H25N3O4. The molecule has 7 nitrogen and oxygen atoms in total. The lowest BCUT2D eigenvalue weighted by atomic mass is 10.0. The molecule has 27 heavy (non-hydrogen) atoms. The van der Waals surface area contributed by atoms with Gasteiger partial charge in [0.25, 0.3) is 5.69 Å². The lowest BCUT2D eigenvalue weighted by Crippen LogP contribution is -2.32. The van der Waals surface area contributed by atoms with Crippen LogP contribution in [0.5, 0.6) is 0 Å². The van der Waals surface area contributed by atoms with Gasteiger partial charge in [0.15, 0.2) is 0 Å². The molecule has 1 N–H and O–H groups in total. The second-order valence-electron chi connectivity index (χ2n) is 6.83. The van der Waals surface area contributed by atoms with Crippen LogP contribution in [0.25, 0.3) is 0 Å². The van der Waals surface area contributed by atoms with Gasteiger partial charge in [0.05, 0.1) is 17.1 Å². The summed E-state index contributed by atoms with van der Waals surface area (Å²) < 4.78 is 11.9. The van der Waals surface area contributed by atoms with E-state index in [2.05, 4.69) is 22.4 Å². The number of rotatable bonds is 7. The number of aryl methyl sites for hydroxylation is 1. The first kappa shape index (κ1) is 19.3. The summed E-state index contributed by atoms with van der Waals surface area (Å²) in [6.45, 7) is 5.19. The Morgan fingerprint density at radius 1 is 1.30 bits per heavy atom. The van der Waals surface area contributed by atoms with Gasteiger partial charge in [0.1, 0.15) is 18.1 Å². The maximum atomic E-state index is 11.0. The largest absolute Gasteiger partial charge is 0.381 e. The maximum Gasteiger partial charge on any atom is 0.290 e. The van der Waals surface area contributed by atoms with Crippen molar-refractivity contribution in [3.63, 3.8) is 0 Å². The quantitative estimate of drug-likeness (QED) is 0.584. The van der Waals surface area contributed by atoms with Crippen LogP contribution in [0.4, 0.5) is 11.5 Å². The van der Waals surface area contributed by atoms with Crippen molar-refractivity contribution in [1.82, 2.24) is 4.98 Å². The van der Waals surface area contributed by atoms with Gasteiger partial charge in [-0.05, 0) is 38.3 Å². The molecule has 1 saturated heterocycles. The third kappa shape index (κ3) is 5.02. The van der Waals surface area contributed by atoms with Gasteiger partial charge in [-0.15, -0.1) is 0 Å². The van der Waals surface area contributed by atoms with Gasteiger partial charge < -0.3 is 14.8 Å². The van der Waals surface area contributed by atoms with Gasteiger partial charge >= 0.3 is 0 Å². The highest BCUT2D eigenvalue weighted by Gasteiger charge is 2.26. The van der Waals surface area contributed by atoms with E-state index in [1.165, 1.54) is 6.20 Å². The molecule has 2 aromatic rings. The summed E-state index contributed by atoms with van der Waals surface area (Å²) in [5.74, 6) is 0.599. The SMILES string of the molecule is Cc1cc(NC(C)C(OC2CCOCC2)c2ccccc2)ncc1[N+](=O)[O-]. The van der Waals surface area contributed by atoms with E-state index >= 15 is 0 Å². The van der Waals surface area contributed by atoms with Gasteiger partial charge in [0.2, 0.25) is 0 Å². The first-order valence-electron chi connectivity index (χ1n) is 9.20. The summed E-state index contributed by atoms with van der Waals surface area (Å²) in [5.41, 5.74) is 1.68. The number of nitrogens with zero attached hydrogens (tertiary/aromatic N) is 2. The molecule has 144 valence electrons. The minimum absolute atomic E-state index is 0.0197. The van der Waals surface area contributed by atoms with Crippen LogP contribution < -0.4 is 5.32 Å². The standard InChI is InChI=1S/C20H25N3O4/c1-14-12-19(21-13-18(14)23(24)25)22-15(2)20(16-6-4-3-5-7-16)27-17-8-10-26-11-9-17/h3-7,12-13,15,17,20H,8-11H2,1-2H3,(H,21,22). The number of pyridine rings is 1. The van der Waals surface area contributed by atoms with Crippen molar-refractivity contribution in [2.24, 2.45) is 0 Å². The zero-order valence-electron chi connectivity index (χ0n) is 15.6. The van der Waals surface area contributed by atoms with Crippen molar-refractivity contribution in [3.05, 3.63) is 63.8 Å². The van der Waals surface area contributed by atoms with E-state index in [1.54, 1.807) is 13.0 Å².